The number of carbonyl (C=O) groups excluding carboxylic acids is 1. The summed E-state index contributed by atoms with van der Waals surface area (Å²) < 4.78 is 4.55. The van der Waals surface area contributed by atoms with Crippen molar-refractivity contribution in [2.45, 2.75) is 38.9 Å². The molecule has 8 nitrogen and oxygen atoms in total. The summed E-state index contributed by atoms with van der Waals surface area (Å²) in [7, 11) is 0. The van der Waals surface area contributed by atoms with E-state index in [1.165, 1.54) is 37.2 Å². The van der Waals surface area contributed by atoms with Gasteiger partial charge in [-0.2, -0.15) is 0 Å². The van der Waals surface area contributed by atoms with Gasteiger partial charge in [0.2, 0.25) is 11.7 Å². The van der Waals surface area contributed by atoms with Crippen LogP contribution >= 0.6 is 22.7 Å². The highest BCUT2D eigenvalue weighted by Gasteiger charge is 2.20. The first-order valence-corrected chi connectivity index (χ1v) is 12.7. The average molecular weight is 494 g/mol. The van der Waals surface area contributed by atoms with Gasteiger partial charge in [-0.25, -0.2) is 13.9 Å². The number of fused-ring (bicyclic) bond motifs is 3. The van der Waals surface area contributed by atoms with Crippen molar-refractivity contribution in [2.24, 2.45) is 0 Å². The van der Waals surface area contributed by atoms with Crippen LogP contribution in [-0.4, -0.2) is 30.7 Å². The number of thiophene rings is 2. The van der Waals surface area contributed by atoms with Crippen molar-refractivity contribution >= 4 is 44.6 Å². The predicted molar refractivity (Wildman–Crippen MR) is 135 cm³/mol. The van der Waals surface area contributed by atoms with E-state index in [0.717, 1.165) is 22.4 Å². The van der Waals surface area contributed by atoms with Gasteiger partial charge in [-0.15, -0.1) is 27.8 Å². The van der Waals surface area contributed by atoms with Crippen molar-refractivity contribution in [2.75, 3.05) is 0 Å². The average Bonchev–Trinajstić information content (AvgIpc) is 3.57. The molecule has 0 bridgehead atoms. The Hall–Kier alpha value is -3.50. The molecule has 34 heavy (non-hydrogen) atoms. The second-order valence-corrected chi connectivity index (χ2v) is 10.1. The summed E-state index contributed by atoms with van der Waals surface area (Å²) in [5.41, 5.74) is 1.09. The largest absolute Gasteiger partial charge is 0.352 e. The molecule has 0 aliphatic carbocycles. The number of carbonyl (C=O) groups is 1. The maximum Gasteiger partial charge on any atom is 0.352 e. The van der Waals surface area contributed by atoms with Crippen molar-refractivity contribution in [3.8, 4) is 0 Å². The van der Waals surface area contributed by atoms with Gasteiger partial charge in [0, 0.05) is 10.9 Å². The van der Waals surface area contributed by atoms with Gasteiger partial charge in [-0.3, -0.25) is 14.2 Å². The van der Waals surface area contributed by atoms with E-state index in [1.54, 1.807) is 11.4 Å². The zero-order chi connectivity index (χ0) is 23.7. The first-order chi connectivity index (χ1) is 16.5. The first kappa shape index (κ1) is 22.3. The van der Waals surface area contributed by atoms with Crippen LogP contribution in [0.25, 0.3) is 16.0 Å². The number of rotatable bonds is 8. The monoisotopic (exact) mass is 493 g/mol. The van der Waals surface area contributed by atoms with Crippen LogP contribution in [0.1, 0.15) is 23.8 Å². The molecule has 5 rings (SSSR count). The molecule has 0 saturated heterocycles. The zero-order valence-electron chi connectivity index (χ0n) is 18.5. The summed E-state index contributed by atoms with van der Waals surface area (Å²) in [4.78, 5) is 40.0. The van der Waals surface area contributed by atoms with E-state index in [4.69, 9.17) is 0 Å². The summed E-state index contributed by atoms with van der Waals surface area (Å²) in [5, 5.41) is 11.1. The topological polar surface area (TPSA) is 90.4 Å². The third kappa shape index (κ3) is 4.34. The maximum absolute atomic E-state index is 13.2. The molecule has 1 N–H and O–H groups in total. The number of benzene rings is 1. The van der Waals surface area contributed by atoms with Crippen LogP contribution in [0.2, 0.25) is 0 Å². The van der Waals surface area contributed by atoms with Crippen LogP contribution in [0.4, 0.5) is 0 Å². The molecular weight excluding hydrogens is 470 g/mol. The van der Waals surface area contributed by atoms with E-state index in [-0.39, 0.29) is 29.8 Å². The van der Waals surface area contributed by atoms with E-state index in [2.05, 4.69) is 22.5 Å². The van der Waals surface area contributed by atoms with Gasteiger partial charge < -0.3 is 5.32 Å². The molecular formula is C24H23N5O3S2. The summed E-state index contributed by atoms with van der Waals surface area (Å²) >= 11 is 2.82. The molecule has 1 atom stereocenters. The maximum atomic E-state index is 13.2. The van der Waals surface area contributed by atoms with Crippen LogP contribution in [0.15, 0.2) is 68.9 Å². The lowest BCUT2D eigenvalue weighted by atomic mass is 10.1. The molecule has 0 saturated carbocycles. The van der Waals surface area contributed by atoms with E-state index in [0.29, 0.717) is 16.8 Å². The van der Waals surface area contributed by atoms with Gasteiger partial charge in [0.1, 0.15) is 11.2 Å². The molecule has 0 fully saturated rings. The fraction of sp³-hybridized carbons (Fsp3) is 0.250. The molecule has 0 radical (unpaired) electrons. The number of aryl methyl sites for hydroxylation is 1. The van der Waals surface area contributed by atoms with Crippen LogP contribution in [0.3, 0.4) is 0 Å². The molecule has 1 aromatic carbocycles. The van der Waals surface area contributed by atoms with Crippen molar-refractivity contribution in [1.82, 2.24) is 24.1 Å². The number of amides is 1. The second-order valence-electron chi connectivity index (χ2n) is 8.17. The zero-order valence-corrected chi connectivity index (χ0v) is 20.1. The first-order valence-electron chi connectivity index (χ1n) is 11.0. The Labute approximate surface area is 202 Å². The van der Waals surface area contributed by atoms with Crippen LogP contribution in [0.5, 0.6) is 0 Å². The lowest BCUT2D eigenvalue weighted by Crippen LogP contribution is -2.38. The third-order valence-corrected chi connectivity index (χ3v) is 7.44. The fourth-order valence-electron chi connectivity index (χ4n) is 3.99. The number of hydrogen-bond donors (Lipinski definition) is 1. The van der Waals surface area contributed by atoms with Gasteiger partial charge in [0.05, 0.1) is 12.1 Å². The Balaban J connectivity index is 1.40. The highest BCUT2D eigenvalue weighted by molar-refractivity contribution is 7.17. The lowest BCUT2D eigenvalue weighted by Gasteiger charge is -2.13. The Kier molecular flexibility index (Phi) is 6.16. The van der Waals surface area contributed by atoms with Gasteiger partial charge >= 0.3 is 5.69 Å². The summed E-state index contributed by atoms with van der Waals surface area (Å²) in [6.45, 7) is 2.04. The van der Waals surface area contributed by atoms with Gasteiger partial charge in [0.15, 0.2) is 0 Å². The molecule has 0 spiro atoms. The Morgan fingerprint density at radius 1 is 1.06 bits per heavy atom. The Morgan fingerprint density at radius 3 is 2.65 bits per heavy atom. The van der Waals surface area contributed by atoms with Crippen molar-refractivity contribution < 1.29 is 4.79 Å². The van der Waals surface area contributed by atoms with E-state index < -0.39 is 5.69 Å². The van der Waals surface area contributed by atoms with E-state index >= 15 is 0 Å². The van der Waals surface area contributed by atoms with Gasteiger partial charge in [0.25, 0.3) is 5.56 Å². The van der Waals surface area contributed by atoms with Crippen LogP contribution in [0, 0.1) is 0 Å². The van der Waals surface area contributed by atoms with Crippen molar-refractivity contribution in [3.63, 3.8) is 0 Å². The van der Waals surface area contributed by atoms with Gasteiger partial charge in [-0.05, 0) is 48.2 Å². The van der Waals surface area contributed by atoms with Crippen molar-refractivity contribution in [1.29, 1.82) is 0 Å². The second kappa shape index (κ2) is 9.40. The molecule has 1 amide bonds. The lowest BCUT2D eigenvalue weighted by molar-refractivity contribution is -0.122. The third-order valence-electron chi connectivity index (χ3n) is 5.69. The standard InChI is InChI=1S/C24H23N5O3S2/c1-16(9-10-17-6-3-2-4-7-17)25-20(30)15-28-24(32)29-19-11-13-34-21(19)22(31)27(23(29)26-28)14-18-8-5-12-33-18/h2-8,11-13,16H,9-10,14-15H2,1H3,(H,25,30)/t16-/m1/s1. The normalized spacial score (nSPS) is 12.4. The molecule has 174 valence electrons. The number of nitrogens with one attached hydrogen (secondary N) is 1. The fourth-order valence-corrected chi connectivity index (χ4v) is 5.51. The number of aromatic nitrogens is 4. The highest BCUT2D eigenvalue weighted by atomic mass is 32.1. The predicted octanol–water partition coefficient (Wildman–Crippen LogP) is 3.12. The highest BCUT2D eigenvalue weighted by Crippen LogP contribution is 2.19. The molecule has 0 unspecified atom stereocenters. The van der Waals surface area contributed by atoms with Crippen molar-refractivity contribution in [3.05, 3.63) is 90.6 Å². The molecule has 0 aliphatic rings. The number of hydrogen-bond acceptors (Lipinski definition) is 6. The SMILES string of the molecule is C[C@H](CCc1ccccc1)NC(=O)Cn1nc2n(Cc3cccs3)c(=O)c3sccc3n2c1=O. The van der Waals surface area contributed by atoms with Crippen LogP contribution < -0.4 is 16.6 Å². The van der Waals surface area contributed by atoms with Gasteiger partial charge in [-0.1, -0.05) is 36.4 Å². The van der Waals surface area contributed by atoms with E-state index in [9.17, 15) is 14.4 Å². The summed E-state index contributed by atoms with van der Waals surface area (Å²) in [6.07, 6.45) is 1.63. The minimum absolute atomic E-state index is 0.0546. The summed E-state index contributed by atoms with van der Waals surface area (Å²) in [5.74, 6) is -0.0565. The Bertz CT molecular complexity index is 1560. The summed E-state index contributed by atoms with van der Waals surface area (Å²) in [6, 6.07) is 15.6. The van der Waals surface area contributed by atoms with E-state index in [1.807, 2.05) is 42.6 Å². The molecule has 4 aromatic heterocycles. The molecule has 4 heterocycles. The molecule has 5 aromatic rings. The Morgan fingerprint density at radius 2 is 1.88 bits per heavy atom. The quantitative estimate of drug-likeness (QED) is 0.360. The molecule has 10 heteroatoms. The minimum atomic E-state index is -0.439. The smallest absolute Gasteiger partial charge is 0.352 e. The minimum Gasteiger partial charge on any atom is -0.352 e. The molecule has 0 aliphatic heterocycles. The van der Waals surface area contributed by atoms with Crippen LogP contribution in [-0.2, 0) is 24.3 Å². The number of nitrogens with zero attached hydrogens (tertiary/aromatic N) is 4.